The molecule has 11 heavy (non-hydrogen) atoms. The highest BCUT2D eigenvalue weighted by molar-refractivity contribution is 7.15. The van der Waals surface area contributed by atoms with Crippen LogP contribution in [0.2, 0.25) is 0 Å². The molecule has 0 spiro atoms. The lowest BCUT2D eigenvalue weighted by molar-refractivity contribution is 0.651. The van der Waals surface area contributed by atoms with Gasteiger partial charge in [-0.05, 0) is 18.8 Å². The maximum Gasteiger partial charge on any atom is 0.203 e. The second kappa shape index (κ2) is 2.44. The molecule has 1 fully saturated rings. The van der Waals surface area contributed by atoms with E-state index in [-0.39, 0.29) is 0 Å². The highest BCUT2D eigenvalue weighted by atomic mass is 32.1. The van der Waals surface area contributed by atoms with E-state index in [0.717, 1.165) is 10.9 Å². The lowest BCUT2D eigenvalue weighted by atomic mass is 10.1. The van der Waals surface area contributed by atoms with E-state index in [1.807, 2.05) is 0 Å². The van der Waals surface area contributed by atoms with Crippen molar-refractivity contribution in [2.75, 3.05) is 5.73 Å². The van der Waals surface area contributed by atoms with Gasteiger partial charge in [0.25, 0.3) is 0 Å². The van der Waals surface area contributed by atoms with Gasteiger partial charge in [-0.25, -0.2) is 0 Å². The molecule has 0 amide bonds. The van der Waals surface area contributed by atoms with Crippen LogP contribution in [-0.4, -0.2) is 10.2 Å². The Morgan fingerprint density at radius 1 is 1.55 bits per heavy atom. The topological polar surface area (TPSA) is 51.8 Å². The minimum Gasteiger partial charge on any atom is -0.374 e. The molecule has 0 aromatic carbocycles. The van der Waals surface area contributed by atoms with Crippen LogP contribution in [0.25, 0.3) is 0 Å². The predicted molar refractivity (Wildman–Crippen MR) is 45.5 cm³/mol. The molecule has 1 unspecified atom stereocenters. The van der Waals surface area contributed by atoms with Gasteiger partial charge in [0, 0.05) is 5.92 Å². The van der Waals surface area contributed by atoms with E-state index >= 15 is 0 Å². The van der Waals surface area contributed by atoms with Crippen LogP contribution < -0.4 is 5.73 Å². The van der Waals surface area contributed by atoms with Crippen molar-refractivity contribution in [3.63, 3.8) is 0 Å². The highest BCUT2D eigenvalue weighted by Crippen LogP contribution is 2.42. The van der Waals surface area contributed by atoms with Crippen molar-refractivity contribution in [1.29, 1.82) is 0 Å². The van der Waals surface area contributed by atoms with E-state index in [2.05, 4.69) is 17.1 Å². The molecule has 60 valence electrons. The molecule has 1 atom stereocenters. The highest BCUT2D eigenvalue weighted by Gasteiger charge is 2.30. The Bertz CT molecular complexity index is 254. The average molecular weight is 169 g/mol. The number of nitrogens with zero attached hydrogens (tertiary/aromatic N) is 2. The fraction of sp³-hybridized carbons (Fsp3) is 0.714. The van der Waals surface area contributed by atoms with Gasteiger partial charge < -0.3 is 5.73 Å². The first-order chi connectivity index (χ1) is 5.27. The largest absolute Gasteiger partial charge is 0.374 e. The third-order valence-electron chi connectivity index (χ3n) is 2.17. The summed E-state index contributed by atoms with van der Waals surface area (Å²) in [6, 6.07) is 0. The van der Waals surface area contributed by atoms with Crippen LogP contribution in [0, 0.1) is 5.92 Å². The number of nitrogens with two attached hydrogens (primary N) is 1. The molecule has 4 heteroatoms. The van der Waals surface area contributed by atoms with Gasteiger partial charge in [-0.3, -0.25) is 0 Å². The van der Waals surface area contributed by atoms with Crippen LogP contribution in [0.5, 0.6) is 0 Å². The molecule has 3 nitrogen and oxygen atoms in total. The summed E-state index contributed by atoms with van der Waals surface area (Å²) in [6.45, 7) is 2.21. The van der Waals surface area contributed by atoms with E-state index in [0.29, 0.717) is 11.0 Å². The maximum atomic E-state index is 5.48. The third kappa shape index (κ3) is 1.35. The number of hydrogen-bond acceptors (Lipinski definition) is 4. The molecule has 1 aliphatic rings. The van der Waals surface area contributed by atoms with E-state index in [4.69, 9.17) is 5.73 Å². The van der Waals surface area contributed by atoms with Crippen molar-refractivity contribution in [1.82, 2.24) is 10.2 Å². The minimum atomic E-state index is 0.574. The summed E-state index contributed by atoms with van der Waals surface area (Å²) in [5, 5.41) is 9.51. The SMILES string of the molecule is CC(c1nnc(N)s1)C1CC1. The molecule has 1 aromatic rings. The fourth-order valence-electron chi connectivity index (χ4n) is 1.23. The molecule has 0 bridgehead atoms. The van der Waals surface area contributed by atoms with Crippen LogP contribution in [0.3, 0.4) is 0 Å². The average Bonchev–Trinajstić information content (AvgIpc) is 2.74. The Hall–Kier alpha value is -0.640. The van der Waals surface area contributed by atoms with Gasteiger partial charge in [-0.1, -0.05) is 18.3 Å². The van der Waals surface area contributed by atoms with Gasteiger partial charge in [0.2, 0.25) is 5.13 Å². The number of nitrogen functional groups attached to an aromatic ring is 1. The summed E-state index contributed by atoms with van der Waals surface area (Å²) in [7, 11) is 0. The van der Waals surface area contributed by atoms with Gasteiger partial charge in [0.05, 0.1) is 0 Å². The summed E-state index contributed by atoms with van der Waals surface area (Å²) in [5.41, 5.74) is 5.48. The van der Waals surface area contributed by atoms with Crippen LogP contribution in [-0.2, 0) is 0 Å². The second-order valence-corrected chi connectivity index (χ2v) is 4.15. The zero-order chi connectivity index (χ0) is 7.84. The summed E-state index contributed by atoms with van der Waals surface area (Å²) in [6.07, 6.45) is 2.70. The van der Waals surface area contributed by atoms with Gasteiger partial charge in [-0.2, -0.15) is 0 Å². The molecular formula is C7H11N3S. The first kappa shape index (κ1) is 7.03. The Morgan fingerprint density at radius 2 is 2.27 bits per heavy atom. The van der Waals surface area contributed by atoms with Crippen molar-refractivity contribution >= 4 is 16.5 Å². The molecule has 2 rings (SSSR count). The van der Waals surface area contributed by atoms with Gasteiger partial charge in [0.1, 0.15) is 5.01 Å². The van der Waals surface area contributed by atoms with E-state index in [1.54, 1.807) is 0 Å². The predicted octanol–water partition coefficient (Wildman–Crippen LogP) is 1.63. The third-order valence-corrected chi connectivity index (χ3v) is 3.13. The minimum absolute atomic E-state index is 0.574. The molecule has 1 aliphatic carbocycles. The van der Waals surface area contributed by atoms with Gasteiger partial charge in [-0.15, -0.1) is 10.2 Å². The van der Waals surface area contributed by atoms with E-state index < -0.39 is 0 Å². The zero-order valence-electron chi connectivity index (χ0n) is 6.45. The van der Waals surface area contributed by atoms with E-state index in [9.17, 15) is 0 Å². The maximum absolute atomic E-state index is 5.48. The molecule has 2 N–H and O–H groups in total. The quantitative estimate of drug-likeness (QED) is 0.732. The van der Waals surface area contributed by atoms with Crippen LogP contribution >= 0.6 is 11.3 Å². The summed E-state index contributed by atoms with van der Waals surface area (Å²) in [5.74, 6) is 1.42. The van der Waals surface area contributed by atoms with Crippen molar-refractivity contribution in [3.05, 3.63) is 5.01 Å². The molecule has 0 radical (unpaired) electrons. The number of rotatable bonds is 2. The first-order valence-corrected chi connectivity index (χ1v) is 4.68. The molecule has 1 saturated carbocycles. The van der Waals surface area contributed by atoms with Gasteiger partial charge in [0.15, 0.2) is 0 Å². The summed E-state index contributed by atoms with van der Waals surface area (Å²) >= 11 is 1.52. The smallest absolute Gasteiger partial charge is 0.203 e. The first-order valence-electron chi connectivity index (χ1n) is 3.86. The second-order valence-electron chi connectivity index (χ2n) is 3.10. The zero-order valence-corrected chi connectivity index (χ0v) is 7.27. The van der Waals surface area contributed by atoms with Crippen molar-refractivity contribution < 1.29 is 0 Å². The Kier molecular flexibility index (Phi) is 1.56. The lowest BCUT2D eigenvalue weighted by Gasteiger charge is -2.01. The van der Waals surface area contributed by atoms with Crippen LogP contribution in [0.15, 0.2) is 0 Å². The number of aromatic nitrogens is 2. The molecular weight excluding hydrogens is 158 g/mol. The molecule has 1 heterocycles. The van der Waals surface area contributed by atoms with Crippen molar-refractivity contribution in [3.8, 4) is 0 Å². The van der Waals surface area contributed by atoms with Crippen LogP contribution in [0.4, 0.5) is 5.13 Å². The Morgan fingerprint density at radius 3 is 2.73 bits per heavy atom. The monoisotopic (exact) mass is 169 g/mol. The summed E-state index contributed by atoms with van der Waals surface area (Å²) in [4.78, 5) is 0. The van der Waals surface area contributed by atoms with Crippen molar-refractivity contribution in [2.45, 2.75) is 25.7 Å². The van der Waals surface area contributed by atoms with Gasteiger partial charge >= 0.3 is 0 Å². The number of hydrogen-bond donors (Lipinski definition) is 1. The molecule has 0 saturated heterocycles. The normalized spacial score (nSPS) is 20.1. The fourth-order valence-corrected chi connectivity index (χ4v) is 1.98. The summed E-state index contributed by atoms with van der Waals surface area (Å²) < 4.78 is 0. The number of anilines is 1. The molecule has 1 aromatic heterocycles. The Balaban J connectivity index is 2.14. The standard InChI is InChI=1S/C7H11N3S/c1-4(5-2-3-5)6-9-10-7(8)11-6/h4-5H,2-3H2,1H3,(H2,8,10). The van der Waals surface area contributed by atoms with Crippen molar-refractivity contribution in [2.24, 2.45) is 5.92 Å². The van der Waals surface area contributed by atoms with E-state index in [1.165, 1.54) is 24.2 Å². The van der Waals surface area contributed by atoms with Crippen LogP contribution in [0.1, 0.15) is 30.7 Å². The Labute approximate surface area is 69.6 Å². The molecule has 0 aliphatic heterocycles. The lowest BCUT2D eigenvalue weighted by Crippen LogP contribution is -1.93.